The van der Waals surface area contributed by atoms with Gasteiger partial charge in [0, 0.05) is 17.8 Å². The summed E-state index contributed by atoms with van der Waals surface area (Å²) in [7, 11) is 0. The van der Waals surface area contributed by atoms with E-state index in [1.807, 2.05) is 42.6 Å². The minimum atomic E-state index is 0.649. The van der Waals surface area contributed by atoms with E-state index in [4.69, 9.17) is 11.6 Å². The minimum absolute atomic E-state index is 0.649. The van der Waals surface area contributed by atoms with Gasteiger partial charge in [-0.3, -0.25) is 0 Å². The molecule has 0 aliphatic heterocycles. The van der Waals surface area contributed by atoms with Gasteiger partial charge in [0.05, 0.1) is 11.2 Å². The second-order valence-corrected chi connectivity index (χ2v) is 4.08. The smallest absolute Gasteiger partial charge is 0.156 e. The van der Waals surface area contributed by atoms with E-state index < -0.39 is 0 Å². The summed E-state index contributed by atoms with van der Waals surface area (Å²) in [5.41, 5.74) is 2.28. The average molecular weight is 254 g/mol. The van der Waals surface area contributed by atoms with Crippen molar-refractivity contribution < 1.29 is 0 Å². The van der Waals surface area contributed by atoms with Gasteiger partial charge < -0.3 is 0 Å². The van der Waals surface area contributed by atoms with Crippen LogP contribution in [-0.4, -0.2) is 14.6 Å². The molecule has 0 saturated heterocycles. The second kappa shape index (κ2) is 4.52. The van der Waals surface area contributed by atoms with Gasteiger partial charge in [-0.05, 0) is 24.1 Å². The first kappa shape index (κ1) is 10.8. The average Bonchev–Trinajstić information content (AvgIpc) is 2.85. The number of nitrogens with zero attached hydrogens (tertiary/aromatic N) is 3. The largest absolute Gasteiger partial charge is 0.223 e. The van der Waals surface area contributed by atoms with Crippen LogP contribution in [0.2, 0.25) is 5.02 Å². The number of aromatic nitrogens is 3. The quantitative estimate of drug-likeness (QED) is 0.577. The molecule has 0 bridgehead atoms. The van der Waals surface area contributed by atoms with Crippen LogP contribution in [-0.2, 0) is 0 Å². The molecule has 0 N–H and O–H groups in total. The van der Waals surface area contributed by atoms with Crippen molar-refractivity contribution in [3.63, 3.8) is 0 Å². The van der Waals surface area contributed by atoms with Crippen LogP contribution in [0.5, 0.6) is 0 Å². The Kier molecular flexibility index (Phi) is 2.71. The molecule has 2 heterocycles. The van der Waals surface area contributed by atoms with Crippen molar-refractivity contribution in [2.45, 2.75) is 0 Å². The van der Waals surface area contributed by atoms with E-state index in [1.165, 1.54) is 0 Å². The van der Waals surface area contributed by atoms with Gasteiger partial charge >= 0.3 is 0 Å². The predicted octanol–water partition coefficient (Wildman–Crippen LogP) is 2.78. The van der Waals surface area contributed by atoms with E-state index >= 15 is 0 Å². The fraction of sp³-hybridized carbons (Fsp3) is 0. The molecule has 3 rings (SSSR count). The maximum atomic E-state index is 6.03. The summed E-state index contributed by atoms with van der Waals surface area (Å²) < 4.78 is 1.70. The second-order valence-electron chi connectivity index (χ2n) is 3.68. The Morgan fingerprint density at radius 3 is 2.83 bits per heavy atom. The lowest BCUT2D eigenvalue weighted by molar-refractivity contribution is 0.936. The first-order chi connectivity index (χ1) is 8.83. The van der Waals surface area contributed by atoms with Gasteiger partial charge in [-0.15, -0.1) is 0 Å². The number of halogens is 1. The van der Waals surface area contributed by atoms with Gasteiger partial charge in [0.15, 0.2) is 5.65 Å². The number of rotatable bonds is 0. The highest BCUT2D eigenvalue weighted by molar-refractivity contribution is 6.31. The summed E-state index contributed by atoms with van der Waals surface area (Å²) in [6.45, 7) is 0. The monoisotopic (exact) mass is 253 g/mol. The Balaban J connectivity index is 2.00. The maximum absolute atomic E-state index is 6.03. The van der Waals surface area contributed by atoms with Gasteiger partial charge in [-0.2, -0.15) is 5.10 Å². The fourth-order valence-corrected chi connectivity index (χ4v) is 1.76. The highest BCUT2D eigenvalue weighted by Gasteiger charge is 1.96. The highest BCUT2D eigenvalue weighted by atomic mass is 35.5. The van der Waals surface area contributed by atoms with Crippen LogP contribution in [0.25, 0.3) is 5.65 Å². The standard InChI is InChI=1S/C14H8ClN3/c15-13-4-2-1-3-11(13)5-6-12-8-10-18-14(17-12)7-9-16-18/h1-4,7-10H. The first-order valence-electron chi connectivity index (χ1n) is 5.40. The van der Waals surface area contributed by atoms with Crippen LogP contribution in [0.1, 0.15) is 11.3 Å². The molecular weight excluding hydrogens is 246 g/mol. The molecule has 4 heteroatoms. The third kappa shape index (κ3) is 2.06. The Labute approximate surface area is 109 Å². The van der Waals surface area contributed by atoms with Gasteiger partial charge in [0.25, 0.3) is 0 Å². The molecule has 1 aromatic carbocycles. The van der Waals surface area contributed by atoms with Crippen molar-refractivity contribution in [3.8, 4) is 11.8 Å². The van der Waals surface area contributed by atoms with Gasteiger partial charge in [-0.1, -0.05) is 29.7 Å². The molecule has 3 aromatic rings. The molecule has 0 amide bonds. The SMILES string of the molecule is Clc1ccccc1C#Cc1ccn2nccc2n1. The zero-order valence-electron chi connectivity index (χ0n) is 9.34. The van der Waals surface area contributed by atoms with Crippen molar-refractivity contribution in [1.82, 2.24) is 14.6 Å². The summed E-state index contributed by atoms with van der Waals surface area (Å²) >= 11 is 6.03. The summed E-state index contributed by atoms with van der Waals surface area (Å²) in [5.74, 6) is 6.01. The Morgan fingerprint density at radius 1 is 1.06 bits per heavy atom. The lowest BCUT2D eigenvalue weighted by Gasteiger charge is -1.94. The Hall–Kier alpha value is -2.31. The van der Waals surface area contributed by atoms with Crippen LogP contribution in [0.4, 0.5) is 0 Å². The van der Waals surface area contributed by atoms with Crippen molar-refractivity contribution in [2.75, 3.05) is 0 Å². The van der Waals surface area contributed by atoms with Crippen LogP contribution in [0, 0.1) is 11.8 Å². The lowest BCUT2D eigenvalue weighted by Crippen LogP contribution is -1.91. The number of hydrogen-bond acceptors (Lipinski definition) is 2. The van der Waals surface area contributed by atoms with Crippen LogP contribution in [0.3, 0.4) is 0 Å². The van der Waals surface area contributed by atoms with Crippen LogP contribution < -0.4 is 0 Å². The van der Waals surface area contributed by atoms with E-state index in [9.17, 15) is 0 Å². The molecule has 0 aliphatic rings. The normalized spacial score (nSPS) is 10.1. The third-order valence-electron chi connectivity index (χ3n) is 2.46. The minimum Gasteiger partial charge on any atom is -0.223 e. The van der Waals surface area contributed by atoms with E-state index in [2.05, 4.69) is 21.9 Å². The molecule has 0 fully saturated rings. The summed E-state index contributed by atoms with van der Waals surface area (Å²) in [5, 5.41) is 4.73. The van der Waals surface area contributed by atoms with Crippen molar-refractivity contribution in [1.29, 1.82) is 0 Å². The van der Waals surface area contributed by atoms with Gasteiger partial charge in [-0.25, -0.2) is 9.50 Å². The number of fused-ring (bicyclic) bond motifs is 1. The molecule has 3 nitrogen and oxygen atoms in total. The zero-order valence-corrected chi connectivity index (χ0v) is 10.1. The molecule has 0 aliphatic carbocycles. The van der Waals surface area contributed by atoms with E-state index in [0.717, 1.165) is 11.2 Å². The number of benzene rings is 1. The summed E-state index contributed by atoms with van der Waals surface area (Å²) in [6, 6.07) is 11.1. The van der Waals surface area contributed by atoms with Gasteiger partial charge in [0.2, 0.25) is 0 Å². The van der Waals surface area contributed by atoms with Crippen LogP contribution in [0.15, 0.2) is 48.8 Å². The predicted molar refractivity (Wildman–Crippen MR) is 70.4 cm³/mol. The van der Waals surface area contributed by atoms with E-state index in [-0.39, 0.29) is 0 Å². The lowest BCUT2D eigenvalue weighted by atomic mass is 10.2. The topological polar surface area (TPSA) is 30.2 Å². The highest BCUT2D eigenvalue weighted by Crippen LogP contribution is 2.13. The van der Waals surface area contributed by atoms with E-state index in [1.54, 1.807) is 10.7 Å². The Morgan fingerprint density at radius 2 is 1.94 bits per heavy atom. The molecule has 0 radical (unpaired) electrons. The van der Waals surface area contributed by atoms with Crippen molar-refractivity contribution in [2.24, 2.45) is 0 Å². The molecular formula is C14H8ClN3. The number of hydrogen-bond donors (Lipinski definition) is 0. The van der Waals surface area contributed by atoms with Crippen molar-refractivity contribution >= 4 is 17.2 Å². The molecule has 0 atom stereocenters. The zero-order chi connectivity index (χ0) is 12.4. The van der Waals surface area contributed by atoms with Crippen molar-refractivity contribution in [3.05, 3.63) is 65.1 Å². The molecule has 0 unspecified atom stereocenters. The molecule has 0 saturated carbocycles. The van der Waals surface area contributed by atoms with E-state index in [0.29, 0.717) is 10.7 Å². The molecule has 86 valence electrons. The third-order valence-corrected chi connectivity index (χ3v) is 2.79. The summed E-state index contributed by atoms with van der Waals surface area (Å²) in [4.78, 5) is 4.36. The molecule has 0 spiro atoms. The maximum Gasteiger partial charge on any atom is 0.156 e. The fourth-order valence-electron chi connectivity index (χ4n) is 1.58. The van der Waals surface area contributed by atoms with Crippen LogP contribution >= 0.6 is 11.6 Å². The summed E-state index contributed by atoms with van der Waals surface area (Å²) in [6.07, 6.45) is 3.53. The molecule has 18 heavy (non-hydrogen) atoms. The first-order valence-corrected chi connectivity index (χ1v) is 5.78. The Bertz CT molecular complexity index is 765. The molecule has 2 aromatic heterocycles. The van der Waals surface area contributed by atoms with Gasteiger partial charge in [0.1, 0.15) is 5.69 Å².